The van der Waals surface area contributed by atoms with E-state index in [4.69, 9.17) is 6.42 Å². The number of fused-ring (bicyclic) bond motifs is 1. The first-order valence-electron chi connectivity index (χ1n) is 4.70. The third kappa shape index (κ3) is 1.82. The van der Waals surface area contributed by atoms with Crippen LogP contribution >= 0.6 is 31.9 Å². The fourth-order valence-electron chi connectivity index (χ4n) is 2.22. The minimum atomic E-state index is 0.255. The normalized spacial score (nSPS) is 36.4. The number of nitrogens with zero attached hydrogens (tertiary/aromatic N) is 1. The van der Waals surface area contributed by atoms with Crippen molar-refractivity contribution in [1.82, 2.24) is 4.90 Å². The first kappa shape index (κ1) is 10.0. The molecular formula is C10H13Br2N. The van der Waals surface area contributed by atoms with Crippen molar-refractivity contribution in [3.05, 3.63) is 0 Å². The third-order valence-electron chi connectivity index (χ3n) is 3.15. The minimum Gasteiger partial charge on any atom is -0.302 e. The average molecular weight is 307 g/mol. The molecule has 0 bridgehead atoms. The molecule has 2 rings (SSSR count). The maximum Gasteiger partial charge on any atom is 0.0881 e. The van der Waals surface area contributed by atoms with Gasteiger partial charge in [-0.3, -0.25) is 0 Å². The van der Waals surface area contributed by atoms with Crippen molar-refractivity contribution in [3.8, 4) is 12.3 Å². The van der Waals surface area contributed by atoms with Gasteiger partial charge in [-0.25, -0.2) is 0 Å². The molecule has 0 spiro atoms. The van der Waals surface area contributed by atoms with Gasteiger partial charge >= 0.3 is 0 Å². The summed E-state index contributed by atoms with van der Waals surface area (Å²) >= 11 is 7.45. The van der Waals surface area contributed by atoms with Crippen LogP contribution in [0.3, 0.4) is 0 Å². The van der Waals surface area contributed by atoms with E-state index in [0.29, 0.717) is 0 Å². The zero-order chi connectivity index (χ0) is 9.47. The van der Waals surface area contributed by atoms with Crippen molar-refractivity contribution < 1.29 is 0 Å². The van der Waals surface area contributed by atoms with E-state index in [9.17, 15) is 0 Å². The Morgan fingerprint density at radius 1 is 1.46 bits per heavy atom. The van der Waals surface area contributed by atoms with Crippen LogP contribution in [0.1, 0.15) is 12.8 Å². The van der Waals surface area contributed by atoms with E-state index in [2.05, 4.69) is 42.7 Å². The van der Waals surface area contributed by atoms with Gasteiger partial charge in [0.2, 0.25) is 0 Å². The lowest BCUT2D eigenvalue weighted by atomic mass is 10.1. The summed E-state index contributed by atoms with van der Waals surface area (Å²) in [5, 5.41) is 0. The summed E-state index contributed by atoms with van der Waals surface area (Å²) in [5.74, 6) is 4.33. The summed E-state index contributed by atoms with van der Waals surface area (Å²) in [6.45, 7) is 3.47. The van der Waals surface area contributed by atoms with Gasteiger partial charge in [0.05, 0.1) is 3.23 Å². The van der Waals surface area contributed by atoms with Gasteiger partial charge in [0.1, 0.15) is 0 Å². The smallest absolute Gasteiger partial charge is 0.0881 e. The number of likely N-dealkylation sites (tertiary alicyclic amines) is 1. The number of terminal acetylenes is 1. The van der Waals surface area contributed by atoms with E-state index in [1.54, 1.807) is 0 Å². The van der Waals surface area contributed by atoms with Crippen molar-refractivity contribution in [2.24, 2.45) is 11.8 Å². The zero-order valence-corrected chi connectivity index (χ0v) is 10.6. The molecule has 0 aromatic rings. The Bertz CT molecular complexity index is 244. The topological polar surface area (TPSA) is 3.24 Å². The van der Waals surface area contributed by atoms with E-state index in [1.807, 2.05) is 0 Å². The number of alkyl halides is 2. The molecule has 3 heteroatoms. The van der Waals surface area contributed by atoms with Crippen LogP contribution in [0.5, 0.6) is 0 Å². The molecule has 0 radical (unpaired) electrons. The van der Waals surface area contributed by atoms with Crippen molar-refractivity contribution >= 4 is 31.9 Å². The van der Waals surface area contributed by atoms with E-state index >= 15 is 0 Å². The van der Waals surface area contributed by atoms with Crippen molar-refractivity contribution in [1.29, 1.82) is 0 Å². The summed E-state index contributed by atoms with van der Waals surface area (Å²) in [4.78, 5) is 2.48. The molecule has 1 heterocycles. The maximum absolute atomic E-state index is 5.25. The van der Waals surface area contributed by atoms with Crippen LogP contribution < -0.4 is 0 Å². The number of hydrogen-bond acceptors (Lipinski definition) is 1. The Hall–Kier alpha value is 0.480. The highest BCUT2D eigenvalue weighted by Crippen LogP contribution is 2.64. The van der Waals surface area contributed by atoms with Crippen LogP contribution in [0.4, 0.5) is 0 Å². The molecule has 0 N–H and O–H groups in total. The molecule has 1 saturated heterocycles. The van der Waals surface area contributed by atoms with E-state index in [1.165, 1.54) is 19.5 Å². The van der Waals surface area contributed by atoms with Gasteiger partial charge < -0.3 is 4.90 Å². The Labute approximate surface area is 96.5 Å². The Morgan fingerprint density at radius 3 is 2.85 bits per heavy atom. The van der Waals surface area contributed by atoms with Gasteiger partial charge in [0.25, 0.3) is 0 Å². The lowest BCUT2D eigenvalue weighted by molar-refractivity contribution is 0.224. The molecule has 0 aromatic heterocycles. The third-order valence-corrected chi connectivity index (χ3v) is 5.50. The highest BCUT2D eigenvalue weighted by atomic mass is 79.9. The summed E-state index contributed by atoms with van der Waals surface area (Å²) in [5.41, 5.74) is 0. The Morgan fingerprint density at radius 2 is 2.23 bits per heavy atom. The summed E-state index contributed by atoms with van der Waals surface area (Å²) in [6.07, 6.45) is 7.43. The lowest BCUT2D eigenvalue weighted by Crippen LogP contribution is -2.32. The molecule has 1 nitrogen and oxygen atoms in total. The number of rotatable bonds is 2. The molecular weight excluding hydrogens is 294 g/mol. The molecule has 1 aliphatic carbocycles. The molecule has 2 atom stereocenters. The predicted octanol–water partition coefficient (Wildman–Crippen LogP) is 2.45. The fourth-order valence-corrected chi connectivity index (χ4v) is 3.98. The molecule has 2 aliphatic rings. The Kier molecular flexibility index (Phi) is 2.75. The van der Waals surface area contributed by atoms with Gasteiger partial charge in [-0.2, -0.15) is 0 Å². The van der Waals surface area contributed by atoms with Crippen LogP contribution in [0.2, 0.25) is 0 Å². The van der Waals surface area contributed by atoms with Crippen LogP contribution in [0.15, 0.2) is 0 Å². The summed E-state index contributed by atoms with van der Waals surface area (Å²) in [6, 6.07) is 0. The highest BCUT2D eigenvalue weighted by molar-refractivity contribution is 9.25. The molecule has 1 aliphatic heterocycles. The molecule has 0 aromatic carbocycles. The average Bonchev–Trinajstić information content (AvgIpc) is 2.66. The van der Waals surface area contributed by atoms with Crippen LogP contribution in [0.25, 0.3) is 0 Å². The summed E-state index contributed by atoms with van der Waals surface area (Å²) in [7, 11) is 0. The highest BCUT2D eigenvalue weighted by Gasteiger charge is 2.62. The van der Waals surface area contributed by atoms with Gasteiger partial charge in [0.15, 0.2) is 0 Å². The van der Waals surface area contributed by atoms with Gasteiger partial charge in [-0.05, 0) is 18.9 Å². The molecule has 72 valence electrons. The van der Waals surface area contributed by atoms with E-state index in [-0.39, 0.29) is 3.23 Å². The standard InChI is InChI=1S/C10H13Br2N/c1-2-3-5-13-6-4-8-9(7-13)10(8,11)12/h1,8-9H,3-7H2. The summed E-state index contributed by atoms with van der Waals surface area (Å²) < 4.78 is 0.255. The predicted molar refractivity (Wildman–Crippen MR) is 62.1 cm³/mol. The van der Waals surface area contributed by atoms with E-state index in [0.717, 1.165) is 24.8 Å². The number of piperidine rings is 1. The molecule has 2 unspecified atom stereocenters. The molecule has 0 amide bonds. The zero-order valence-electron chi connectivity index (χ0n) is 7.47. The monoisotopic (exact) mass is 305 g/mol. The quantitative estimate of drug-likeness (QED) is 0.559. The van der Waals surface area contributed by atoms with Crippen molar-refractivity contribution in [2.45, 2.75) is 16.1 Å². The van der Waals surface area contributed by atoms with Crippen LogP contribution in [0, 0.1) is 24.2 Å². The minimum absolute atomic E-state index is 0.255. The SMILES string of the molecule is C#CCCN1CCC2C(C1)C2(Br)Br. The molecule has 13 heavy (non-hydrogen) atoms. The second-order valence-electron chi connectivity index (χ2n) is 3.93. The van der Waals surface area contributed by atoms with Crippen molar-refractivity contribution in [3.63, 3.8) is 0 Å². The van der Waals surface area contributed by atoms with Gasteiger partial charge in [-0.1, -0.05) is 31.9 Å². The molecule has 1 saturated carbocycles. The van der Waals surface area contributed by atoms with Crippen molar-refractivity contribution in [2.75, 3.05) is 19.6 Å². The number of hydrogen-bond donors (Lipinski definition) is 0. The maximum atomic E-state index is 5.25. The fraction of sp³-hybridized carbons (Fsp3) is 0.800. The van der Waals surface area contributed by atoms with Crippen LogP contribution in [-0.4, -0.2) is 27.8 Å². The second kappa shape index (κ2) is 3.56. The molecule has 2 fully saturated rings. The van der Waals surface area contributed by atoms with Gasteiger partial charge in [-0.15, -0.1) is 12.3 Å². The first-order chi connectivity index (χ1) is 6.16. The Balaban J connectivity index is 1.83. The number of halogens is 2. The first-order valence-corrected chi connectivity index (χ1v) is 6.28. The lowest BCUT2D eigenvalue weighted by Gasteiger charge is -2.24. The van der Waals surface area contributed by atoms with Gasteiger partial charge in [0, 0.05) is 25.4 Å². The second-order valence-corrected chi connectivity index (χ2v) is 7.62. The largest absolute Gasteiger partial charge is 0.302 e. The van der Waals surface area contributed by atoms with E-state index < -0.39 is 0 Å². The van der Waals surface area contributed by atoms with Crippen LogP contribution in [-0.2, 0) is 0 Å².